The Kier molecular flexibility index (Phi) is 2.20. The van der Waals surface area contributed by atoms with E-state index in [4.69, 9.17) is 4.74 Å². The molecule has 0 amide bonds. The van der Waals surface area contributed by atoms with Gasteiger partial charge in [0.05, 0.1) is 5.60 Å². The van der Waals surface area contributed by atoms with Crippen molar-refractivity contribution < 1.29 is 14.6 Å². The number of esters is 1. The Labute approximate surface area is 109 Å². The number of carbonyl (C=O) groups excluding carboxylic acids is 1. The van der Waals surface area contributed by atoms with Gasteiger partial charge in [0.25, 0.3) is 0 Å². The third-order valence-electron chi connectivity index (χ3n) is 4.28. The molecule has 0 saturated heterocycles. The van der Waals surface area contributed by atoms with E-state index in [2.05, 4.69) is 22.6 Å². The van der Waals surface area contributed by atoms with Crippen molar-refractivity contribution in [3.63, 3.8) is 0 Å². The standard InChI is InChI=1S/C12H17IO3/c1-8(14)16-12-4-9-2-10(13,6-12)5-11(15,3-9)7-12/h9,15H,2-7H2,1H3. The Morgan fingerprint density at radius 1 is 1.31 bits per heavy atom. The first-order valence-corrected chi connectivity index (χ1v) is 7.01. The van der Waals surface area contributed by atoms with E-state index in [-0.39, 0.29) is 15.0 Å². The minimum atomic E-state index is -0.573. The molecule has 16 heavy (non-hydrogen) atoms. The molecule has 0 aliphatic heterocycles. The summed E-state index contributed by atoms with van der Waals surface area (Å²) in [6.07, 6.45) is 5.50. The summed E-state index contributed by atoms with van der Waals surface area (Å²) in [7, 11) is 0. The van der Waals surface area contributed by atoms with Gasteiger partial charge in [0.15, 0.2) is 0 Å². The Balaban J connectivity index is 1.95. The van der Waals surface area contributed by atoms with Crippen LogP contribution in [0, 0.1) is 5.92 Å². The fraction of sp³-hybridized carbons (Fsp3) is 0.917. The monoisotopic (exact) mass is 336 g/mol. The van der Waals surface area contributed by atoms with Crippen LogP contribution in [0.1, 0.15) is 45.4 Å². The lowest BCUT2D eigenvalue weighted by Gasteiger charge is -2.62. The average Bonchev–Trinajstić information content (AvgIpc) is 1.91. The van der Waals surface area contributed by atoms with Gasteiger partial charge in [-0.05, 0) is 31.6 Å². The highest BCUT2D eigenvalue weighted by atomic mass is 127. The van der Waals surface area contributed by atoms with E-state index >= 15 is 0 Å². The molecular formula is C12H17IO3. The molecule has 4 heteroatoms. The molecule has 0 aromatic rings. The molecule has 4 aliphatic rings. The van der Waals surface area contributed by atoms with Crippen LogP contribution in [0.2, 0.25) is 0 Å². The van der Waals surface area contributed by atoms with Gasteiger partial charge in [0.2, 0.25) is 0 Å². The van der Waals surface area contributed by atoms with Gasteiger partial charge in [-0.3, -0.25) is 4.79 Å². The van der Waals surface area contributed by atoms with Crippen LogP contribution in [-0.4, -0.2) is 25.7 Å². The lowest BCUT2D eigenvalue weighted by molar-refractivity contribution is -0.210. The second-order valence-electron chi connectivity index (χ2n) is 6.16. The van der Waals surface area contributed by atoms with Crippen LogP contribution in [0.4, 0.5) is 0 Å². The zero-order valence-corrected chi connectivity index (χ0v) is 11.6. The topological polar surface area (TPSA) is 46.5 Å². The highest BCUT2D eigenvalue weighted by Gasteiger charge is 2.63. The number of carbonyl (C=O) groups is 1. The first kappa shape index (κ1) is 11.3. The predicted octanol–water partition coefficient (Wildman–Crippen LogP) is 2.19. The molecule has 0 radical (unpaired) electrons. The third kappa shape index (κ3) is 1.68. The van der Waals surface area contributed by atoms with Crippen molar-refractivity contribution >= 4 is 28.6 Å². The Hall–Kier alpha value is 0.160. The zero-order valence-electron chi connectivity index (χ0n) is 9.46. The van der Waals surface area contributed by atoms with Gasteiger partial charge < -0.3 is 9.84 Å². The van der Waals surface area contributed by atoms with E-state index in [1.807, 2.05) is 0 Å². The second-order valence-corrected chi connectivity index (χ2v) is 8.45. The summed E-state index contributed by atoms with van der Waals surface area (Å²) in [5, 5.41) is 10.5. The van der Waals surface area contributed by atoms with E-state index < -0.39 is 5.60 Å². The molecule has 0 heterocycles. The van der Waals surface area contributed by atoms with Crippen molar-refractivity contribution in [2.24, 2.45) is 5.92 Å². The molecule has 0 aromatic carbocycles. The van der Waals surface area contributed by atoms with E-state index in [9.17, 15) is 9.90 Å². The summed E-state index contributed by atoms with van der Waals surface area (Å²) < 4.78 is 5.73. The average molecular weight is 336 g/mol. The van der Waals surface area contributed by atoms with E-state index in [0.717, 1.165) is 25.7 Å². The summed E-state index contributed by atoms with van der Waals surface area (Å²) >= 11 is 2.48. The molecule has 1 N–H and O–H groups in total. The van der Waals surface area contributed by atoms with Crippen molar-refractivity contribution in [2.75, 3.05) is 0 Å². The summed E-state index contributed by atoms with van der Waals surface area (Å²) in [5.74, 6) is 0.336. The van der Waals surface area contributed by atoms with Gasteiger partial charge in [0, 0.05) is 23.2 Å². The van der Waals surface area contributed by atoms with Crippen LogP contribution in [0.3, 0.4) is 0 Å². The zero-order chi connectivity index (χ0) is 11.6. The van der Waals surface area contributed by atoms with Crippen LogP contribution in [0.25, 0.3) is 0 Å². The highest BCUT2D eigenvalue weighted by molar-refractivity contribution is 14.1. The normalized spacial score (nSPS) is 54.1. The summed E-state index contributed by atoms with van der Waals surface area (Å²) in [6.45, 7) is 1.47. The maximum Gasteiger partial charge on any atom is 0.303 e. The number of halogens is 1. The van der Waals surface area contributed by atoms with Crippen molar-refractivity contribution in [1.29, 1.82) is 0 Å². The molecular weight excluding hydrogens is 319 g/mol. The third-order valence-corrected chi connectivity index (χ3v) is 5.48. The molecule has 4 aliphatic carbocycles. The largest absolute Gasteiger partial charge is 0.459 e. The van der Waals surface area contributed by atoms with Crippen molar-refractivity contribution in [1.82, 2.24) is 0 Å². The number of hydrogen-bond donors (Lipinski definition) is 1. The Morgan fingerprint density at radius 2 is 2.06 bits per heavy atom. The molecule has 3 nitrogen and oxygen atoms in total. The highest BCUT2D eigenvalue weighted by Crippen LogP contribution is 2.63. The van der Waals surface area contributed by atoms with Gasteiger partial charge in [-0.15, -0.1) is 0 Å². The van der Waals surface area contributed by atoms with Gasteiger partial charge in [-0.25, -0.2) is 0 Å². The molecule has 4 atom stereocenters. The number of alkyl halides is 1. The van der Waals surface area contributed by atoms with E-state index in [0.29, 0.717) is 12.3 Å². The van der Waals surface area contributed by atoms with Crippen LogP contribution in [0.5, 0.6) is 0 Å². The molecule has 4 fully saturated rings. The quantitative estimate of drug-likeness (QED) is 0.454. The lowest BCUT2D eigenvalue weighted by Crippen LogP contribution is -2.65. The first-order chi connectivity index (χ1) is 7.32. The molecule has 4 unspecified atom stereocenters. The number of hydrogen-bond acceptors (Lipinski definition) is 3. The molecule has 0 aromatic heterocycles. The Bertz CT molecular complexity index is 336. The number of rotatable bonds is 1. The fourth-order valence-electron chi connectivity index (χ4n) is 4.60. The summed E-state index contributed by atoms with van der Waals surface area (Å²) in [4.78, 5) is 11.2. The van der Waals surface area contributed by atoms with E-state index in [1.54, 1.807) is 0 Å². The van der Waals surface area contributed by atoms with Crippen LogP contribution in [-0.2, 0) is 9.53 Å². The van der Waals surface area contributed by atoms with Gasteiger partial charge in [-0.2, -0.15) is 0 Å². The van der Waals surface area contributed by atoms with Crippen LogP contribution < -0.4 is 0 Å². The molecule has 4 saturated carbocycles. The first-order valence-electron chi connectivity index (χ1n) is 5.93. The maximum absolute atomic E-state index is 11.2. The molecule has 4 bridgehead atoms. The minimum Gasteiger partial charge on any atom is -0.459 e. The number of aliphatic hydroxyl groups is 1. The SMILES string of the molecule is CC(=O)OC12CC3CC(O)(CC(I)(C3)C1)C2. The fourth-order valence-corrected chi connectivity index (χ4v) is 6.63. The predicted molar refractivity (Wildman–Crippen MR) is 67.4 cm³/mol. The van der Waals surface area contributed by atoms with Gasteiger partial charge in [0.1, 0.15) is 5.60 Å². The van der Waals surface area contributed by atoms with E-state index in [1.165, 1.54) is 13.3 Å². The lowest BCUT2D eigenvalue weighted by atomic mass is 9.52. The molecule has 0 spiro atoms. The summed E-state index contributed by atoms with van der Waals surface area (Å²) in [5.41, 5.74) is -0.933. The van der Waals surface area contributed by atoms with Crippen molar-refractivity contribution in [2.45, 2.75) is 60.1 Å². The summed E-state index contributed by atoms with van der Waals surface area (Å²) in [6, 6.07) is 0. The van der Waals surface area contributed by atoms with Gasteiger partial charge in [-0.1, -0.05) is 22.6 Å². The second kappa shape index (κ2) is 3.13. The van der Waals surface area contributed by atoms with Crippen LogP contribution >= 0.6 is 22.6 Å². The molecule has 4 rings (SSSR count). The Morgan fingerprint density at radius 3 is 2.62 bits per heavy atom. The van der Waals surface area contributed by atoms with Crippen molar-refractivity contribution in [3.8, 4) is 0 Å². The maximum atomic E-state index is 11.2. The van der Waals surface area contributed by atoms with Gasteiger partial charge >= 0.3 is 5.97 Å². The minimum absolute atomic E-state index is 0.154. The number of ether oxygens (including phenoxy) is 1. The van der Waals surface area contributed by atoms with Crippen molar-refractivity contribution in [3.05, 3.63) is 0 Å². The smallest absolute Gasteiger partial charge is 0.303 e. The molecule has 90 valence electrons. The van der Waals surface area contributed by atoms with Crippen LogP contribution in [0.15, 0.2) is 0 Å².